The monoisotopic (exact) mass is 425 g/mol. The molecule has 154 valence electrons. The molecule has 2 aromatic carbocycles. The predicted octanol–water partition coefficient (Wildman–Crippen LogP) is 3.97. The van der Waals surface area contributed by atoms with Crippen molar-refractivity contribution >= 4 is 29.7 Å². The van der Waals surface area contributed by atoms with Gasteiger partial charge in [0, 0.05) is 17.0 Å². The van der Waals surface area contributed by atoms with Crippen LogP contribution in [0.15, 0.2) is 59.7 Å². The molecule has 30 heavy (non-hydrogen) atoms. The number of hydrazone groups is 1. The molecule has 0 saturated heterocycles. The number of rotatable bonds is 7. The van der Waals surface area contributed by atoms with Gasteiger partial charge in [-0.3, -0.25) is 4.79 Å². The molecule has 1 aromatic heterocycles. The molecule has 0 saturated carbocycles. The number of carbonyl (C=O) groups is 2. The molecular weight excluding hydrogens is 406 g/mol. The van der Waals surface area contributed by atoms with E-state index in [-0.39, 0.29) is 12.2 Å². The van der Waals surface area contributed by atoms with Crippen LogP contribution in [0.2, 0.25) is 5.02 Å². The first-order valence-corrected chi connectivity index (χ1v) is 9.47. The lowest BCUT2D eigenvalue weighted by molar-refractivity contribution is -0.123. The smallest absolute Gasteiger partial charge is 0.337 e. The van der Waals surface area contributed by atoms with E-state index in [0.717, 1.165) is 17.0 Å². The Kier molecular flexibility index (Phi) is 6.54. The molecule has 7 nitrogen and oxygen atoms in total. The summed E-state index contributed by atoms with van der Waals surface area (Å²) in [5.41, 5.74) is 5.56. The maximum atomic E-state index is 12.0. The molecule has 0 aliphatic heterocycles. The zero-order valence-electron chi connectivity index (χ0n) is 16.4. The van der Waals surface area contributed by atoms with Crippen LogP contribution in [-0.2, 0) is 4.79 Å². The Bertz CT molecular complexity index is 1120. The Morgan fingerprint density at radius 3 is 2.60 bits per heavy atom. The zero-order chi connectivity index (χ0) is 21.7. The van der Waals surface area contributed by atoms with Crippen molar-refractivity contribution in [3.05, 3.63) is 82.1 Å². The maximum Gasteiger partial charge on any atom is 0.337 e. The Morgan fingerprint density at radius 1 is 1.17 bits per heavy atom. The van der Waals surface area contributed by atoms with Crippen molar-refractivity contribution in [2.75, 3.05) is 6.61 Å². The molecule has 3 aromatic rings. The first-order valence-electron chi connectivity index (χ1n) is 9.09. The van der Waals surface area contributed by atoms with Crippen LogP contribution in [0.3, 0.4) is 0 Å². The van der Waals surface area contributed by atoms with Crippen LogP contribution >= 0.6 is 11.6 Å². The van der Waals surface area contributed by atoms with E-state index in [4.69, 9.17) is 16.3 Å². The fraction of sp³-hybridized carbons (Fsp3) is 0.136. The Balaban J connectivity index is 1.70. The SMILES string of the molecule is Cc1cc(/C=N\NC(=O)COc2ccccc2Cl)c(C)n1-c1ccccc1C(=O)O. The molecule has 0 spiro atoms. The van der Waals surface area contributed by atoms with E-state index < -0.39 is 11.9 Å². The minimum atomic E-state index is -1.00. The highest BCUT2D eigenvalue weighted by Crippen LogP contribution is 2.24. The van der Waals surface area contributed by atoms with Gasteiger partial charge in [0.1, 0.15) is 5.75 Å². The van der Waals surface area contributed by atoms with Crippen LogP contribution < -0.4 is 10.2 Å². The molecule has 3 rings (SSSR count). The quantitative estimate of drug-likeness (QED) is 0.442. The maximum absolute atomic E-state index is 12.0. The van der Waals surface area contributed by atoms with E-state index in [2.05, 4.69) is 10.5 Å². The summed E-state index contributed by atoms with van der Waals surface area (Å²) in [5, 5.41) is 13.9. The van der Waals surface area contributed by atoms with E-state index in [9.17, 15) is 14.7 Å². The normalized spacial score (nSPS) is 10.9. The van der Waals surface area contributed by atoms with Gasteiger partial charge in [0.2, 0.25) is 0 Å². The fourth-order valence-corrected chi connectivity index (χ4v) is 3.24. The first kappa shape index (κ1) is 21.1. The summed E-state index contributed by atoms with van der Waals surface area (Å²) in [4.78, 5) is 23.5. The molecule has 0 radical (unpaired) electrons. The number of carboxylic acids is 1. The van der Waals surface area contributed by atoms with E-state index in [1.54, 1.807) is 48.5 Å². The fourth-order valence-electron chi connectivity index (χ4n) is 3.05. The van der Waals surface area contributed by atoms with Gasteiger partial charge >= 0.3 is 5.97 Å². The summed E-state index contributed by atoms with van der Waals surface area (Å²) in [6.07, 6.45) is 1.51. The number of amides is 1. The van der Waals surface area contributed by atoms with Crippen LogP contribution in [0, 0.1) is 13.8 Å². The molecule has 8 heteroatoms. The number of ether oxygens (including phenoxy) is 1. The van der Waals surface area contributed by atoms with E-state index in [1.807, 2.05) is 24.5 Å². The number of para-hydroxylation sites is 2. The number of aryl methyl sites for hydroxylation is 1. The van der Waals surface area contributed by atoms with Gasteiger partial charge in [-0.25, -0.2) is 10.2 Å². The summed E-state index contributed by atoms with van der Waals surface area (Å²) in [7, 11) is 0. The number of aromatic carboxylic acids is 1. The van der Waals surface area contributed by atoms with E-state index in [0.29, 0.717) is 16.5 Å². The summed E-state index contributed by atoms with van der Waals surface area (Å²) >= 11 is 5.98. The molecule has 0 unspecified atom stereocenters. The van der Waals surface area contributed by atoms with Crippen molar-refractivity contribution in [2.45, 2.75) is 13.8 Å². The summed E-state index contributed by atoms with van der Waals surface area (Å²) < 4.78 is 7.20. The first-order chi connectivity index (χ1) is 14.4. The molecule has 0 fully saturated rings. The third-order valence-electron chi connectivity index (χ3n) is 4.43. The Hall–Kier alpha value is -3.58. The van der Waals surface area contributed by atoms with Crippen LogP contribution in [0.25, 0.3) is 5.69 Å². The molecule has 1 amide bonds. The van der Waals surface area contributed by atoms with Crippen molar-refractivity contribution in [3.63, 3.8) is 0 Å². The minimum Gasteiger partial charge on any atom is -0.482 e. The summed E-state index contributed by atoms with van der Waals surface area (Å²) in [5.74, 6) is -1.02. The highest BCUT2D eigenvalue weighted by Gasteiger charge is 2.16. The van der Waals surface area contributed by atoms with Gasteiger partial charge in [0.25, 0.3) is 5.91 Å². The second-order valence-corrected chi connectivity index (χ2v) is 6.90. The van der Waals surface area contributed by atoms with Gasteiger partial charge in [-0.1, -0.05) is 35.9 Å². The summed E-state index contributed by atoms with van der Waals surface area (Å²) in [6, 6.07) is 15.5. The third-order valence-corrected chi connectivity index (χ3v) is 4.75. The van der Waals surface area contributed by atoms with Gasteiger partial charge in [0.15, 0.2) is 6.61 Å². The van der Waals surface area contributed by atoms with Gasteiger partial charge in [-0.05, 0) is 44.2 Å². The van der Waals surface area contributed by atoms with Crippen molar-refractivity contribution in [3.8, 4) is 11.4 Å². The van der Waals surface area contributed by atoms with Crippen LogP contribution in [0.1, 0.15) is 27.3 Å². The summed E-state index contributed by atoms with van der Waals surface area (Å²) in [6.45, 7) is 3.50. The van der Waals surface area contributed by atoms with E-state index >= 15 is 0 Å². The molecule has 0 atom stereocenters. The second kappa shape index (κ2) is 9.28. The average Bonchev–Trinajstić information content (AvgIpc) is 3.00. The lowest BCUT2D eigenvalue weighted by atomic mass is 10.1. The lowest BCUT2D eigenvalue weighted by Gasteiger charge is -2.12. The van der Waals surface area contributed by atoms with Crippen LogP contribution in [-0.4, -0.2) is 34.4 Å². The molecule has 0 aliphatic carbocycles. The van der Waals surface area contributed by atoms with Crippen molar-refractivity contribution in [1.29, 1.82) is 0 Å². The molecule has 1 heterocycles. The molecule has 2 N–H and O–H groups in total. The third kappa shape index (κ3) is 4.69. The standard InChI is InChI=1S/C22H20ClN3O4/c1-14-11-16(15(2)26(14)19-9-5-3-7-17(19)22(28)29)12-24-25-21(27)13-30-20-10-6-4-8-18(20)23/h3-12H,13H2,1-2H3,(H,25,27)(H,28,29)/b24-12-. The Labute approximate surface area is 178 Å². The predicted molar refractivity (Wildman–Crippen MR) is 115 cm³/mol. The Morgan fingerprint density at radius 2 is 1.87 bits per heavy atom. The number of hydrogen-bond acceptors (Lipinski definition) is 4. The average molecular weight is 426 g/mol. The van der Waals surface area contributed by atoms with E-state index in [1.165, 1.54) is 6.21 Å². The number of aromatic nitrogens is 1. The number of hydrogen-bond donors (Lipinski definition) is 2. The van der Waals surface area contributed by atoms with Crippen LogP contribution in [0.4, 0.5) is 0 Å². The zero-order valence-corrected chi connectivity index (χ0v) is 17.2. The topological polar surface area (TPSA) is 92.9 Å². The molecular formula is C22H20ClN3O4. The molecule has 0 bridgehead atoms. The second-order valence-electron chi connectivity index (χ2n) is 6.50. The van der Waals surface area contributed by atoms with Crippen molar-refractivity contribution in [2.24, 2.45) is 5.10 Å². The molecule has 0 aliphatic rings. The number of nitrogens with zero attached hydrogens (tertiary/aromatic N) is 2. The number of carboxylic acid groups (broad SMARTS) is 1. The number of halogens is 1. The highest BCUT2D eigenvalue weighted by atomic mass is 35.5. The van der Waals surface area contributed by atoms with Crippen molar-refractivity contribution < 1.29 is 19.4 Å². The van der Waals surface area contributed by atoms with Crippen LogP contribution in [0.5, 0.6) is 5.75 Å². The van der Waals surface area contributed by atoms with Gasteiger partial charge < -0.3 is 14.4 Å². The number of nitrogens with one attached hydrogen (secondary N) is 1. The van der Waals surface area contributed by atoms with Gasteiger partial charge in [-0.15, -0.1) is 0 Å². The number of benzene rings is 2. The highest BCUT2D eigenvalue weighted by molar-refractivity contribution is 6.32. The van der Waals surface area contributed by atoms with Gasteiger partial charge in [0.05, 0.1) is 22.5 Å². The lowest BCUT2D eigenvalue weighted by Crippen LogP contribution is -2.24. The largest absolute Gasteiger partial charge is 0.482 e. The minimum absolute atomic E-state index is 0.202. The van der Waals surface area contributed by atoms with Crippen molar-refractivity contribution in [1.82, 2.24) is 9.99 Å². The van der Waals surface area contributed by atoms with Gasteiger partial charge in [-0.2, -0.15) is 5.10 Å². The number of carbonyl (C=O) groups excluding carboxylic acids is 1.